The maximum Gasteiger partial charge on any atom is 0.338 e. The SMILES string of the molecule is O=C(COC(=O)c1ccc(OC[C@H]2CCCO2)cc1)COC(=O)c1ccc(OC[C@@H]2CCCO2)cc1. The molecular formula is C27H30O9. The third kappa shape index (κ3) is 7.79. The molecule has 4 rings (SSSR count). The molecule has 0 aromatic heterocycles. The van der Waals surface area contributed by atoms with Gasteiger partial charge in [0.25, 0.3) is 0 Å². The van der Waals surface area contributed by atoms with Crippen molar-refractivity contribution >= 4 is 17.7 Å². The van der Waals surface area contributed by atoms with Gasteiger partial charge in [0.05, 0.1) is 23.3 Å². The summed E-state index contributed by atoms with van der Waals surface area (Å²) in [7, 11) is 0. The molecule has 9 heteroatoms. The Morgan fingerprint density at radius 2 is 1.08 bits per heavy atom. The Morgan fingerprint density at radius 1 is 0.667 bits per heavy atom. The van der Waals surface area contributed by atoms with Gasteiger partial charge in [0.2, 0.25) is 5.78 Å². The highest BCUT2D eigenvalue weighted by atomic mass is 16.6. The maximum absolute atomic E-state index is 12.2. The van der Waals surface area contributed by atoms with Crippen LogP contribution < -0.4 is 9.47 Å². The van der Waals surface area contributed by atoms with E-state index in [0.29, 0.717) is 24.7 Å². The predicted molar refractivity (Wildman–Crippen MR) is 127 cm³/mol. The lowest BCUT2D eigenvalue weighted by Gasteiger charge is -2.12. The fourth-order valence-corrected chi connectivity index (χ4v) is 3.80. The number of ether oxygens (including phenoxy) is 6. The number of Topliss-reactive ketones (excluding diaryl/α,β-unsaturated/α-hetero) is 1. The van der Waals surface area contributed by atoms with Gasteiger partial charge in [-0.2, -0.15) is 0 Å². The fraction of sp³-hybridized carbons (Fsp3) is 0.444. The van der Waals surface area contributed by atoms with Crippen molar-refractivity contribution in [2.45, 2.75) is 37.9 Å². The van der Waals surface area contributed by atoms with Gasteiger partial charge in [-0.3, -0.25) is 4.79 Å². The highest BCUT2D eigenvalue weighted by molar-refractivity contribution is 5.94. The molecule has 2 fully saturated rings. The minimum atomic E-state index is -0.654. The molecule has 2 aromatic rings. The Balaban J connectivity index is 1.13. The Morgan fingerprint density at radius 3 is 1.44 bits per heavy atom. The Labute approximate surface area is 209 Å². The maximum atomic E-state index is 12.2. The lowest BCUT2D eigenvalue weighted by atomic mass is 10.2. The van der Waals surface area contributed by atoms with Crippen molar-refractivity contribution in [2.24, 2.45) is 0 Å². The molecular weight excluding hydrogens is 468 g/mol. The number of ketones is 1. The zero-order chi connectivity index (χ0) is 25.2. The number of benzene rings is 2. The molecule has 0 amide bonds. The summed E-state index contributed by atoms with van der Waals surface area (Å²) >= 11 is 0. The smallest absolute Gasteiger partial charge is 0.338 e. The molecule has 2 aliphatic rings. The standard InChI is InChI=1S/C27H30O9/c28-21(15-35-26(29)19-5-9-22(10-6-19)33-17-24-3-1-13-31-24)16-36-27(30)20-7-11-23(12-8-20)34-18-25-4-2-14-32-25/h5-12,24-25H,1-4,13-18H2/t24-,25+. The molecule has 36 heavy (non-hydrogen) atoms. The van der Waals surface area contributed by atoms with Gasteiger partial charge in [-0.25, -0.2) is 9.59 Å². The molecule has 192 valence electrons. The van der Waals surface area contributed by atoms with Crippen molar-refractivity contribution in [3.63, 3.8) is 0 Å². The van der Waals surface area contributed by atoms with Gasteiger partial charge in [0, 0.05) is 13.2 Å². The van der Waals surface area contributed by atoms with Crippen LogP contribution in [-0.4, -0.2) is 69.6 Å². The molecule has 0 unspecified atom stereocenters. The molecule has 0 radical (unpaired) electrons. The van der Waals surface area contributed by atoms with Crippen molar-refractivity contribution in [3.8, 4) is 11.5 Å². The summed E-state index contributed by atoms with van der Waals surface area (Å²) in [5, 5.41) is 0. The summed E-state index contributed by atoms with van der Waals surface area (Å²) < 4.78 is 32.4. The lowest BCUT2D eigenvalue weighted by Crippen LogP contribution is -2.20. The van der Waals surface area contributed by atoms with Crippen LogP contribution in [0.25, 0.3) is 0 Å². The topological polar surface area (TPSA) is 107 Å². The molecule has 0 aliphatic carbocycles. The van der Waals surface area contributed by atoms with Gasteiger partial charge in [-0.05, 0) is 74.2 Å². The molecule has 9 nitrogen and oxygen atoms in total. The first-order valence-corrected chi connectivity index (χ1v) is 12.1. The largest absolute Gasteiger partial charge is 0.491 e. The van der Waals surface area contributed by atoms with Crippen LogP contribution in [0, 0.1) is 0 Å². The third-order valence-corrected chi connectivity index (χ3v) is 5.83. The molecule has 2 heterocycles. The van der Waals surface area contributed by atoms with Crippen LogP contribution in [0.2, 0.25) is 0 Å². The zero-order valence-electron chi connectivity index (χ0n) is 20.0. The number of hydrogen-bond donors (Lipinski definition) is 0. The number of carbonyl (C=O) groups is 3. The zero-order valence-corrected chi connectivity index (χ0v) is 20.0. The van der Waals surface area contributed by atoms with E-state index in [1.807, 2.05) is 0 Å². The highest BCUT2D eigenvalue weighted by Gasteiger charge is 2.18. The second-order valence-electron chi connectivity index (χ2n) is 8.63. The van der Waals surface area contributed by atoms with E-state index in [1.165, 1.54) is 0 Å². The first-order valence-electron chi connectivity index (χ1n) is 12.1. The second kappa shape index (κ2) is 13.0. The molecule has 0 saturated carbocycles. The predicted octanol–water partition coefficient (Wildman–Crippen LogP) is 3.39. The molecule has 2 atom stereocenters. The number of hydrogen-bond acceptors (Lipinski definition) is 9. The molecule has 0 bridgehead atoms. The summed E-state index contributed by atoms with van der Waals surface area (Å²) in [5.74, 6) is -0.609. The first kappa shape index (κ1) is 25.7. The molecule has 0 spiro atoms. The van der Waals surface area contributed by atoms with Crippen LogP contribution in [0.3, 0.4) is 0 Å². The Bertz CT molecular complexity index is 923. The van der Waals surface area contributed by atoms with Gasteiger partial charge in [-0.15, -0.1) is 0 Å². The molecule has 0 N–H and O–H groups in total. The summed E-state index contributed by atoms with van der Waals surface area (Å²) in [6.07, 6.45) is 4.23. The normalized spacial score (nSPS) is 19.0. The van der Waals surface area contributed by atoms with Gasteiger partial charge in [0.1, 0.15) is 24.7 Å². The van der Waals surface area contributed by atoms with E-state index < -0.39 is 30.9 Å². The minimum absolute atomic E-state index is 0.102. The summed E-state index contributed by atoms with van der Waals surface area (Å²) in [6, 6.07) is 12.9. The van der Waals surface area contributed by atoms with Crippen molar-refractivity contribution in [2.75, 3.05) is 39.6 Å². The fourth-order valence-electron chi connectivity index (χ4n) is 3.80. The quantitative estimate of drug-likeness (QED) is 0.407. The van der Waals surface area contributed by atoms with Gasteiger partial charge < -0.3 is 28.4 Å². The summed E-state index contributed by atoms with van der Waals surface area (Å²) in [4.78, 5) is 36.4. The van der Waals surface area contributed by atoms with Gasteiger partial charge in [-0.1, -0.05) is 0 Å². The van der Waals surface area contributed by atoms with E-state index in [2.05, 4.69) is 0 Å². The van der Waals surface area contributed by atoms with Crippen molar-refractivity contribution < 1.29 is 42.8 Å². The van der Waals surface area contributed by atoms with Gasteiger partial charge >= 0.3 is 11.9 Å². The Kier molecular flexibility index (Phi) is 9.29. The number of carbonyl (C=O) groups excluding carboxylic acids is 3. The number of esters is 2. The van der Waals surface area contributed by atoms with Crippen LogP contribution in [0.1, 0.15) is 46.4 Å². The van der Waals surface area contributed by atoms with Crippen LogP contribution >= 0.6 is 0 Å². The number of rotatable bonds is 12. The monoisotopic (exact) mass is 498 g/mol. The van der Waals surface area contributed by atoms with Crippen molar-refractivity contribution in [1.82, 2.24) is 0 Å². The van der Waals surface area contributed by atoms with Crippen molar-refractivity contribution in [1.29, 1.82) is 0 Å². The van der Waals surface area contributed by atoms with Gasteiger partial charge in [0.15, 0.2) is 13.2 Å². The molecule has 2 aliphatic heterocycles. The van der Waals surface area contributed by atoms with Crippen LogP contribution in [-0.2, 0) is 23.7 Å². The van der Waals surface area contributed by atoms with Crippen molar-refractivity contribution in [3.05, 3.63) is 59.7 Å². The average Bonchev–Trinajstić information content (AvgIpc) is 3.63. The average molecular weight is 499 g/mol. The third-order valence-electron chi connectivity index (χ3n) is 5.83. The van der Waals surface area contributed by atoms with Crippen LogP contribution in [0.5, 0.6) is 11.5 Å². The van der Waals surface area contributed by atoms with E-state index in [4.69, 9.17) is 28.4 Å². The summed E-state index contributed by atoms with van der Waals surface area (Å²) in [5.41, 5.74) is 0.567. The van der Waals surface area contributed by atoms with E-state index >= 15 is 0 Å². The van der Waals surface area contributed by atoms with Crippen LogP contribution in [0.15, 0.2) is 48.5 Å². The van der Waals surface area contributed by atoms with E-state index in [-0.39, 0.29) is 23.3 Å². The minimum Gasteiger partial charge on any atom is -0.491 e. The highest BCUT2D eigenvalue weighted by Crippen LogP contribution is 2.18. The first-order chi connectivity index (χ1) is 17.6. The second-order valence-corrected chi connectivity index (χ2v) is 8.63. The molecule has 2 saturated heterocycles. The lowest BCUT2D eigenvalue weighted by molar-refractivity contribution is -0.125. The van der Waals surface area contributed by atoms with E-state index in [1.54, 1.807) is 48.5 Å². The summed E-state index contributed by atoms with van der Waals surface area (Å²) in [6.45, 7) is 1.44. The van der Waals surface area contributed by atoms with E-state index in [9.17, 15) is 14.4 Å². The van der Waals surface area contributed by atoms with E-state index in [0.717, 1.165) is 38.9 Å². The Hall–Kier alpha value is -3.43. The molecule has 2 aromatic carbocycles. The van der Waals surface area contributed by atoms with Crippen LogP contribution in [0.4, 0.5) is 0 Å².